The Morgan fingerprint density at radius 1 is 0.872 bits per heavy atom. The van der Waals surface area contributed by atoms with Crippen LogP contribution in [0.5, 0.6) is 11.5 Å². The number of ether oxygens (including phenoxy) is 1. The molecular formula is C30H19FN4O4. The van der Waals surface area contributed by atoms with Crippen LogP contribution in [0.2, 0.25) is 0 Å². The van der Waals surface area contributed by atoms with Crippen LogP contribution in [0.1, 0.15) is 10.4 Å². The highest BCUT2D eigenvalue weighted by Gasteiger charge is 2.15. The highest BCUT2D eigenvalue weighted by Crippen LogP contribution is 2.32. The Hall–Kier alpha value is -5.57. The number of nitrogens with one attached hydrogen (secondary N) is 2. The normalized spacial score (nSPS) is 11.0. The van der Waals surface area contributed by atoms with Crippen molar-refractivity contribution in [2.24, 2.45) is 0 Å². The molecule has 0 spiro atoms. The minimum absolute atomic E-state index is 0.0636. The maximum Gasteiger partial charge on any atom is 0.267 e. The molecule has 190 valence electrons. The van der Waals surface area contributed by atoms with E-state index in [-0.39, 0.29) is 11.1 Å². The van der Waals surface area contributed by atoms with Crippen LogP contribution in [0.25, 0.3) is 27.5 Å². The zero-order valence-corrected chi connectivity index (χ0v) is 20.2. The van der Waals surface area contributed by atoms with Crippen LogP contribution in [0.15, 0.2) is 113 Å². The first kappa shape index (κ1) is 23.8. The SMILES string of the molecule is O=C(Nc1ccc(Oc2ccnc3[nH]c(=O)c4ccccc4c23)cc1)c1cccn(-c2ccc(F)cc2)c1=O. The Morgan fingerprint density at radius 2 is 1.62 bits per heavy atom. The summed E-state index contributed by atoms with van der Waals surface area (Å²) in [6.07, 6.45) is 3.07. The van der Waals surface area contributed by atoms with Crippen LogP contribution in [0.3, 0.4) is 0 Å². The molecule has 0 bridgehead atoms. The summed E-state index contributed by atoms with van der Waals surface area (Å²) in [6, 6.07) is 24.0. The first-order valence-electron chi connectivity index (χ1n) is 11.9. The van der Waals surface area contributed by atoms with E-state index < -0.39 is 17.3 Å². The molecule has 6 aromatic rings. The van der Waals surface area contributed by atoms with Crippen molar-refractivity contribution < 1.29 is 13.9 Å². The molecule has 3 aromatic carbocycles. The molecule has 0 aliphatic heterocycles. The molecular weight excluding hydrogens is 499 g/mol. The molecule has 1 amide bonds. The number of halogens is 1. The Labute approximate surface area is 220 Å². The van der Waals surface area contributed by atoms with Gasteiger partial charge in [0.1, 0.15) is 28.5 Å². The van der Waals surface area contributed by atoms with Crippen LogP contribution in [-0.4, -0.2) is 20.4 Å². The maximum atomic E-state index is 13.3. The molecule has 0 radical (unpaired) electrons. The van der Waals surface area contributed by atoms with Gasteiger partial charge in [-0.1, -0.05) is 18.2 Å². The number of aromatic nitrogens is 3. The summed E-state index contributed by atoms with van der Waals surface area (Å²) < 4.78 is 20.7. The largest absolute Gasteiger partial charge is 0.457 e. The molecule has 6 rings (SSSR count). The Morgan fingerprint density at radius 3 is 2.38 bits per heavy atom. The quantitative estimate of drug-likeness (QED) is 0.297. The summed E-state index contributed by atoms with van der Waals surface area (Å²) >= 11 is 0. The second-order valence-electron chi connectivity index (χ2n) is 8.69. The smallest absolute Gasteiger partial charge is 0.267 e. The number of aromatic amines is 1. The van der Waals surface area contributed by atoms with Crippen molar-refractivity contribution in [3.05, 3.63) is 135 Å². The zero-order valence-electron chi connectivity index (χ0n) is 20.2. The van der Waals surface area contributed by atoms with Crippen molar-refractivity contribution in [3.8, 4) is 17.2 Å². The number of carbonyl (C=O) groups is 1. The molecule has 3 heterocycles. The van der Waals surface area contributed by atoms with Gasteiger partial charge in [-0.25, -0.2) is 9.37 Å². The molecule has 0 aliphatic rings. The number of pyridine rings is 3. The number of anilines is 1. The monoisotopic (exact) mass is 518 g/mol. The lowest BCUT2D eigenvalue weighted by Gasteiger charge is -2.12. The maximum absolute atomic E-state index is 13.3. The van der Waals surface area contributed by atoms with E-state index in [0.29, 0.717) is 39.3 Å². The standard InChI is InChI=1S/C30H19FN4O4/c31-18-7-11-20(12-8-18)35-17-3-6-24(30(35)38)29(37)33-19-9-13-21(14-10-19)39-25-15-16-32-27-26(25)22-4-1-2-5-23(22)28(36)34-27/h1-17H,(H,33,37)(H,32,34,36). The van der Waals surface area contributed by atoms with E-state index in [9.17, 15) is 18.8 Å². The van der Waals surface area contributed by atoms with Gasteiger partial charge in [0.2, 0.25) is 0 Å². The van der Waals surface area contributed by atoms with Crippen LogP contribution in [0, 0.1) is 5.82 Å². The molecule has 2 N–H and O–H groups in total. The van der Waals surface area contributed by atoms with Crippen molar-refractivity contribution in [1.29, 1.82) is 0 Å². The summed E-state index contributed by atoms with van der Waals surface area (Å²) in [7, 11) is 0. The zero-order chi connectivity index (χ0) is 26.9. The molecule has 9 heteroatoms. The highest BCUT2D eigenvalue weighted by atomic mass is 19.1. The summed E-state index contributed by atoms with van der Waals surface area (Å²) in [6.45, 7) is 0. The summed E-state index contributed by atoms with van der Waals surface area (Å²) in [5, 5.41) is 4.64. The van der Waals surface area contributed by atoms with Gasteiger partial charge >= 0.3 is 0 Å². The molecule has 39 heavy (non-hydrogen) atoms. The molecule has 8 nitrogen and oxygen atoms in total. The molecule has 3 aromatic heterocycles. The highest BCUT2D eigenvalue weighted by molar-refractivity contribution is 6.07. The minimum Gasteiger partial charge on any atom is -0.457 e. The fourth-order valence-electron chi connectivity index (χ4n) is 4.36. The van der Waals surface area contributed by atoms with Gasteiger partial charge in [-0.3, -0.25) is 19.0 Å². The number of nitrogens with zero attached hydrogens (tertiary/aromatic N) is 2. The Balaban J connectivity index is 1.25. The third kappa shape index (κ3) is 4.53. The predicted molar refractivity (Wildman–Crippen MR) is 146 cm³/mol. The van der Waals surface area contributed by atoms with E-state index in [1.165, 1.54) is 41.1 Å². The molecule has 0 aliphatic carbocycles. The second kappa shape index (κ2) is 9.71. The van der Waals surface area contributed by atoms with E-state index >= 15 is 0 Å². The van der Waals surface area contributed by atoms with Crippen LogP contribution >= 0.6 is 0 Å². The first-order valence-corrected chi connectivity index (χ1v) is 11.9. The predicted octanol–water partition coefficient (Wildman–Crippen LogP) is 5.41. The van der Waals surface area contributed by atoms with Gasteiger partial charge in [-0.2, -0.15) is 0 Å². The number of amides is 1. The second-order valence-corrected chi connectivity index (χ2v) is 8.69. The number of benzene rings is 3. The van der Waals surface area contributed by atoms with Gasteiger partial charge in [0.15, 0.2) is 0 Å². The number of fused-ring (bicyclic) bond motifs is 3. The Kier molecular flexibility index (Phi) is 5.93. The topological polar surface area (TPSA) is 106 Å². The van der Waals surface area contributed by atoms with Crippen molar-refractivity contribution in [2.45, 2.75) is 0 Å². The van der Waals surface area contributed by atoms with E-state index in [1.54, 1.807) is 54.7 Å². The van der Waals surface area contributed by atoms with Gasteiger partial charge in [0, 0.05) is 34.5 Å². The lowest BCUT2D eigenvalue weighted by atomic mass is 10.1. The lowest BCUT2D eigenvalue weighted by Crippen LogP contribution is -2.27. The Bertz CT molecular complexity index is 1980. The average Bonchev–Trinajstić information content (AvgIpc) is 2.95. The van der Waals surface area contributed by atoms with E-state index in [1.807, 2.05) is 12.1 Å². The molecule has 0 unspecified atom stereocenters. The van der Waals surface area contributed by atoms with Gasteiger partial charge in [-0.15, -0.1) is 0 Å². The van der Waals surface area contributed by atoms with Gasteiger partial charge in [0.25, 0.3) is 17.0 Å². The van der Waals surface area contributed by atoms with E-state index in [0.717, 1.165) is 5.39 Å². The van der Waals surface area contributed by atoms with Crippen LogP contribution in [0.4, 0.5) is 10.1 Å². The van der Waals surface area contributed by atoms with Gasteiger partial charge in [0.05, 0.1) is 5.39 Å². The summed E-state index contributed by atoms with van der Waals surface area (Å²) in [5.74, 6) is -0.00164. The van der Waals surface area contributed by atoms with E-state index in [4.69, 9.17) is 4.74 Å². The van der Waals surface area contributed by atoms with Gasteiger partial charge in [-0.05, 0) is 72.8 Å². The molecule has 0 saturated carbocycles. The number of carbonyl (C=O) groups excluding carboxylic acids is 1. The van der Waals surface area contributed by atoms with Crippen molar-refractivity contribution in [3.63, 3.8) is 0 Å². The third-order valence-electron chi connectivity index (χ3n) is 6.22. The van der Waals surface area contributed by atoms with Crippen molar-refractivity contribution in [1.82, 2.24) is 14.5 Å². The summed E-state index contributed by atoms with van der Waals surface area (Å²) in [4.78, 5) is 45.3. The van der Waals surface area contributed by atoms with Gasteiger partial charge < -0.3 is 15.0 Å². The van der Waals surface area contributed by atoms with Crippen molar-refractivity contribution >= 4 is 33.4 Å². The average molecular weight is 519 g/mol. The number of hydrogen-bond donors (Lipinski definition) is 2. The number of hydrogen-bond acceptors (Lipinski definition) is 5. The number of rotatable bonds is 5. The third-order valence-corrected chi connectivity index (χ3v) is 6.22. The summed E-state index contributed by atoms with van der Waals surface area (Å²) in [5.41, 5.74) is 0.485. The molecule has 0 fully saturated rings. The molecule has 0 saturated heterocycles. The van der Waals surface area contributed by atoms with Crippen molar-refractivity contribution in [2.75, 3.05) is 5.32 Å². The van der Waals surface area contributed by atoms with Crippen LogP contribution < -0.4 is 21.2 Å². The fourth-order valence-corrected chi connectivity index (χ4v) is 4.36. The van der Waals surface area contributed by atoms with Crippen LogP contribution in [-0.2, 0) is 0 Å². The molecule has 0 atom stereocenters. The van der Waals surface area contributed by atoms with E-state index in [2.05, 4.69) is 15.3 Å². The minimum atomic E-state index is -0.583. The first-order chi connectivity index (χ1) is 19.0. The number of H-pyrrole nitrogens is 1. The lowest BCUT2D eigenvalue weighted by molar-refractivity contribution is 0.102. The fraction of sp³-hybridized carbons (Fsp3) is 0.